The number of rotatable bonds is 6. The highest BCUT2D eigenvalue weighted by Gasteiger charge is 2.17. The highest BCUT2D eigenvalue weighted by Crippen LogP contribution is 2.27. The Kier molecular flexibility index (Phi) is 6.49. The molecule has 2 rings (SSSR count). The first-order valence-corrected chi connectivity index (χ1v) is 8.43. The molecule has 1 aromatic carbocycles. The number of pyridine rings is 1. The summed E-state index contributed by atoms with van der Waals surface area (Å²) in [6, 6.07) is 10.1. The Balaban J connectivity index is 2.25. The van der Waals surface area contributed by atoms with Crippen molar-refractivity contribution in [1.29, 1.82) is 0 Å². The van der Waals surface area contributed by atoms with Crippen LogP contribution in [0.5, 0.6) is 0 Å². The summed E-state index contributed by atoms with van der Waals surface area (Å²) in [5.74, 6) is 0. The first-order chi connectivity index (χ1) is 10.1. The van der Waals surface area contributed by atoms with Gasteiger partial charge in [0.05, 0.1) is 21.8 Å². The molecule has 0 saturated carbocycles. The van der Waals surface area contributed by atoms with Gasteiger partial charge in [0, 0.05) is 10.7 Å². The number of hydrogen-bond acceptors (Lipinski definition) is 2. The van der Waals surface area contributed by atoms with Crippen LogP contribution < -0.4 is 5.32 Å². The van der Waals surface area contributed by atoms with E-state index in [1.807, 2.05) is 12.1 Å². The molecule has 21 heavy (non-hydrogen) atoms. The van der Waals surface area contributed by atoms with Gasteiger partial charge in [-0.05, 0) is 43.1 Å². The van der Waals surface area contributed by atoms with Gasteiger partial charge in [-0.2, -0.15) is 0 Å². The van der Waals surface area contributed by atoms with Crippen molar-refractivity contribution < 1.29 is 0 Å². The summed E-state index contributed by atoms with van der Waals surface area (Å²) in [5.41, 5.74) is 2.07. The third-order valence-corrected chi connectivity index (χ3v) is 4.14. The van der Waals surface area contributed by atoms with Gasteiger partial charge in [-0.15, -0.1) is 0 Å². The van der Waals surface area contributed by atoms with Gasteiger partial charge in [0.2, 0.25) is 0 Å². The first kappa shape index (κ1) is 16.8. The summed E-state index contributed by atoms with van der Waals surface area (Å²) in [6.45, 7) is 3.05. The minimum atomic E-state index is 0.0732. The van der Waals surface area contributed by atoms with E-state index in [0.29, 0.717) is 10.0 Å². The Labute approximate surface area is 144 Å². The van der Waals surface area contributed by atoms with E-state index in [2.05, 4.69) is 45.3 Å². The van der Waals surface area contributed by atoms with Gasteiger partial charge in [0.25, 0.3) is 0 Å². The van der Waals surface area contributed by atoms with Crippen LogP contribution in [-0.4, -0.2) is 11.5 Å². The third-order valence-electron chi connectivity index (χ3n) is 3.14. The summed E-state index contributed by atoms with van der Waals surface area (Å²) in [7, 11) is 0. The van der Waals surface area contributed by atoms with Crippen LogP contribution >= 0.6 is 39.1 Å². The molecule has 1 unspecified atom stereocenters. The smallest absolute Gasteiger partial charge is 0.0763 e. The van der Waals surface area contributed by atoms with Crippen LogP contribution in [0, 0.1) is 0 Å². The Morgan fingerprint density at radius 2 is 2.10 bits per heavy atom. The van der Waals surface area contributed by atoms with E-state index in [-0.39, 0.29) is 6.04 Å². The Morgan fingerprint density at radius 3 is 2.76 bits per heavy atom. The molecule has 1 aromatic heterocycles. The zero-order valence-corrected chi connectivity index (χ0v) is 14.8. The van der Waals surface area contributed by atoms with Gasteiger partial charge < -0.3 is 5.32 Å². The van der Waals surface area contributed by atoms with Crippen LogP contribution in [0.1, 0.15) is 30.6 Å². The lowest BCUT2D eigenvalue weighted by Gasteiger charge is -2.19. The fraction of sp³-hybridized carbons (Fsp3) is 0.312. The molecular weight excluding hydrogens is 371 g/mol. The average molecular weight is 388 g/mol. The van der Waals surface area contributed by atoms with Gasteiger partial charge in [0.15, 0.2) is 0 Å². The lowest BCUT2D eigenvalue weighted by Crippen LogP contribution is -2.25. The van der Waals surface area contributed by atoms with Crippen molar-refractivity contribution in [2.24, 2.45) is 0 Å². The van der Waals surface area contributed by atoms with E-state index in [1.54, 1.807) is 12.3 Å². The number of halogens is 3. The summed E-state index contributed by atoms with van der Waals surface area (Å²) < 4.78 is 1.07. The number of nitrogens with one attached hydrogen (secondary N) is 1. The summed E-state index contributed by atoms with van der Waals surface area (Å²) in [5, 5.41) is 4.67. The zero-order chi connectivity index (χ0) is 15.2. The molecule has 0 saturated heterocycles. The molecule has 112 valence electrons. The van der Waals surface area contributed by atoms with E-state index in [0.717, 1.165) is 29.6 Å². The van der Waals surface area contributed by atoms with E-state index in [4.69, 9.17) is 23.2 Å². The van der Waals surface area contributed by atoms with E-state index in [9.17, 15) is 0 Å². The third kappa shape index (κ3) is 4.96. The molecule has 0 bridgehead atoms. The Hall–Kier alpha value is -0.610. The summed E-state index contributed by atoms with van der Waals surface area (Å²) in [6.07, 6.45) is 3.53. The van der Waals surface area contributed by atoms with Gasteiger partial charge in [0.1, 0.15) is 0 Å². The molecule has 0 aliphatic heterocycles. The minimum Gasteiger partial charge on any atom is -0.308 e. The van der Waals surface area contributed by atoms with Crippen molar-refractivity contribution in [2.45, 2.75) is 25.8 Å². The van der Waals surface area contributed by atoms with Crippen LogP contribution in [0.25, 0.3) is 0 Å². The standard InChI is InChI=1S/C16H17BrCl2N2/c1-2-6-20-15(8-11-4-3-5-12(17)7-11)16-14(19)9-13(18)10-21-16/h3-5,7,9-10,15,20H,2,6,8H2,1H3. The van der Waals surface area contributed by atoms with Crippen LogP contribution in [-0.2, 0) is 6.42 Å². The van der Waals surface area contributed by atoms with Gasteiger partial charge >= 0.3 is 0 Å². The van der Waals surface area contributed by atoms with Gasteiger partial charge in [-0.3, -0.25) is 4.98 Å². The fourth-order valence-electron chi connectivity index (χ4n) is 2.17. The summed E-state index contributed by atoms with van der Waals surface area (Å²) >= 11 is 15.7. The molecule has 2 aromatic rings. The summed E-state index contributed by atoms with van der Waals surface area (Å²) in [4.78, 5) is 4.41. The topological polar surface area (TPSA) is 24.9 Å². The van der Waals surface area contributed by atoms with Crippen molar-refractivity contribution in [3.8, 4) is 0 Å². The maximum absolute atomic E-state index is 6.30. The van der Waals surface area contributed by atoms with E-state index in [1.165, 1.54) is 5.56 Å². The number of aromatic nitrogens is 1. The average Bonchev–Trinajstić information content (AvgIpc) is 2.44. The normalized spacial score (nSPS) is 12.4. The maximum Gasteiger partial charge on any atom is 0.0763 e. The second-order valence-electron chi connectivity index (χ2n) is 4.86. The first-order valence-electron chi connectivity index (χ1n) is 6.89. The largest absolute Gasteiger partial charge is 0.308 e. The van der Waals surface area contributed by atoms with Crippen LogP contribution in [0.3, 0.4) is 0 Å². The second-order valence-corrected chi connectivity index (χ2v) is 6.62. The van der Waals surface area contributed by atoms with Crippen LogP contribution in [0.4, 0.5) is 0 Å². The lowest BCUT2D eigenvalue weighted by molar-refractivity contribution is 0.518. The van der Waals surface area contributed by atoms with Crippen molar-refractivity contribution in [2.75, 3.05) is 6.54 Å². The van der Waals surface area contributed by atoms with Crippen LogP contribution in [0.2, 0.25) is 10.0 Å². The highest BCUT2D eigenvalue weighted by molar-refractivity contribution is 9.10. The molecular formula is C16H17BrCl2N2. The molecule has 0 amide bonds. The predicted octanol–water partition coefficient (Wildman–Crippen LogP) is 5.43. The second kappa shape index (κ2) is 8.14. The van der Waals surface area contributed by atoms with Crippen molar-refractivity contribution in [1.82, 2.24) is 10.3 Å². The molecule has 2 nitrogen and oxygen atoms in total. The van der Waals surface area contributed by atoms with Gasteiger partial charge in [-0.25, -0.2) is 0 Å². The molecule has 0 spiro atoms. The number of nitrogens with zero attached hydrogens (tertiary/aromatic N) is 1. The molecule has 0 fully saturated rings. The Morgan fingerprint density at radius 1 is 1.29 bits per heavy atom. The van der Waals surface area contributed by atoms with Crippen molar-refractivity contribution in [3.05, 3.63) is 62.3 Å². The minimum absolute atomic E-state index is 0.0732. The quantitative estimate of drug-likeness (QED) is 0.714. The molecule has 1 atom stereocenters. The molecule has 0 radical (unpaired) electrons. The highest BCUT2D eigenvalue weighted by atomic mass is 79.9. The molecule has 5 heteroatoms. The monoisotopic (exact) mass is 386 g/mol. The Bertz CT molecular complexity index is 605. The van der Waals surface area contributed by atoms with Crippen molar-refractivity contribution in [3.63, 3.8) is 0 Å². The SMILES string of the molecule is CCCNC(Cc1cccc(Br)c1)c1ncc(Cl)cc1Cl. The maximum atomic E-state index is 6.30. The zero-order valence-electron chi connectivity index (χ0n) is 11.7. The number of benzene rings is 1. The van der Waals surface area contributed by atoms with E-state index >= 15 is 0 Å². The predicted molar refractivity (Wildman–Crippen MR) is 93.1 cm³/mol. The molecule has 0 aliphatic rings. The number of hydrogen-bond donors (Lipinski definition) is 1. The van der Waals surface area contributed by atoms with E-state index < -0.39 is 0 Å². The van der Waals surface area contributed by atoms with Crippen molar-refractivity contribution >= 4 is 39.1 Å². The molecule has 1 heterocycles. The van der Waals surface area contributed by atoms with Gasteiger partial charge in [-0.1, -0.05) is 58.2 Å². The fourth-order valence-corrected chi connectivity index (χ4v) is 3.12. The lowest BCUT2D eigenvalue weighted by atomic mass is 10.0. The molecule has 1 N–H and O–H groups in total. The van der Waals surface area contributed by atoms with Crippen LogP contribution in [0.15, 0.2) is 41.0 Å². The molecule has 0 aliphatic carbocycles.